The molecule has 0 aliphatic carbocycles. The van der Waals surface area contributed by atoms with E-state index in [9.17, 15) is 4.79 Å². The highest BCUT2D eigenvalue weighted by Crippen LogP contribution is 2.21. The topological polar surface area (TPSA) is 55.8 Å². The SMILES string of the molecule is CCC(CC)C(=O)N1CCN(c2nc(C)cc(N3CCN(C)CC3)n2)CC1. The summed E-state index contributed by atoms with van der Waals surface area (Å²) in [6, 6.07) is 2.09. The summed E-state index contributed by atoms with van der Waals surface area (Å²) >= 11 is 0. The molecule has 0 saturated carbocycles. The number of anilines is 2. The second-order valence-corrected chi connectivity index (χ2v) is 7.78. The average Bonchev–Trinajstić information content (AvgIpc) is 2.69. The van der Waals surface area contributed by atoms with Gasteiger partial charge >= 0.3 is 0 Å². The van der Waals surface area contributed by atoms with Crippen molar-refractivity contribution < 1.29 is 4.79 Å². The first-order valence-electron chi connectivity index (χ1n) is 10.3. The fraction of sp³-hybridized carbons (Fsp3) is 0.750. The fourth-order valence-corrected chi connectivity index (χ4v) is 3.90. The molecule has 0 spiro atoms. The van der Waals surface area contributed by atoms with Crippen molar-refractivity contribution in [3.63, 3.8) is 0 Å². The maximum Gasteiger partial charge on any atom is 0.227 e. The molecule has 2 fully saturated rings. The predicted molar refractivity (Wildman–Crippen MR) is 109 cm³/mol. The van der Waals surface area contributed by atoms with Crippen LogP contribution in [0.1, 0.15) is 32.4 Å². The third-order valence-electron chi connectivity index (χ3n) is 5.87. The Morgan fingerprint density at radius 1 is 0.963 bits per heavy atom. The van der Waals surface area contributed by atoms with Gasteiger partial charge in [0, 0.05) is 70.0 Å². The van der Waals surface area contributed by atoms with Crippen LogP contribution in [-0.2, 0) is 4.79 Å². The average molecular weight is 375 g/mol. The summed E-state index contributed by atoms with van der Waals surface area (Å²) < 4.78 is 0. The number of carbonyl (C=O) groups excluding carboxylic acids is 1. The van der Waals surface area contributed by atoms with Gasteiger partial charge in [0.15, 0.2) is 0 Å². The Labute approximate surface area is 163 Å². The van der Waals surface area contributed by atoms with Crippen molar-refractivity contribution in [3.05, 3.63) is 11.8 Å². The molecule has 0 atom stereocenters. The summed E-state index contributed by atoms with van der Waals surface area (Å²) in [4.78, 5) is 31.1. The van der Waals surface area contributed by atoms with Crippen LogP contribution < -0.4 is 9.80 Å². The second-order valence-electron chi connectivity index (χ2n) is 7.78. The third kappa shape index (κ3) is 4.69. The molecule has 0 radical (unpaired) electrons. The van der Waals surface area contributed by atoms with Crippen LogP contribution in [0.15, 0.2) is 6.07 Å². The fourth-order valence-electron chi connectivity index (χ4n) is 3.90. The number of likely N-dealkylation sites (N-methyl/N-ethyl adjacent to an activating group) is 1. The zero-order valence-corrected chi connectivity index (χ0v) is 17.3. The quantitative estimate of drug-likeness (QED) is 0.781. The molecule has 150 valence electrons. The van der Waals surface area contributed by atoms with E-state index >= 15 is 0 Å². The summed E-state index contributed by atoms with van der Waals surface area (Å²) in [7, 11) is 2.16. The number of amides is 1. The number of hydrogen-bond donors (Lipinski definition) is 0. The van der Waals surface area contributed by atoms with Gasteiger partial charge in [-0.15, -0.1) is 0 Å². The number of aryl methyl sites for hydroxylation is 1. The van der Waals surface area contributed by atoms with Crippen LogP contribution in [0.4, 0.5) is 11.8 Å². The molecule has 27 heavy (non-hydrogen) atoms. The zero-order chi connectivity index (χ0) is 19.4. The van der Waals surface area contributed by atoms with Gasteiger partial charge in [-0.05, 0) is 26.8 Å². The molecule has 0 bridgehead atoms. The Morgan fingerprint density at radius 2 is 1.56 bits per heavy atom. The Hall–Kier alpha value is -1.89. The van der Waals surface area contributed by atoms with E-state index in [4.69, 9.17) is 4.98 Å². The second kappa shape index (κ2) is 8.87. The smallest absolute Gasteiger partial charge is 0.227 e. The molecular weight excluding hydrogens is 340 g/mol. The predicted octanol–water partition coefficient (Wildman–Crippen LogP) is 1.62. The molecule has 1 amide bonds. The van der Waals surface area contributed by atoms with Gasteiger partial charge in [0.2, 0.25) is 11.9 Å². The standard InChI is InChI=1S/C20H34N6O/c1-5-17(6-2)19(27)25-11-13-26(14-12-25)20-21-16(3)15-18(22-20)24-9-7-23(4)8-10-24/h15,17H,5-14H2,1-4H3. The van der Waals surface area contributed by atoms with E-state index in [2.05, 4.69) is 46.6 Å². The van der Waals surface area contributed by atoms with Crippen molar-refractivity contribution in [2.45, 2.75) is 33.6 Å². The lowest BCUT2D eigenvalue weighted by Gasteiger charge is -2.37. The molecule has 2 aliphatic heterocycles. The third-order valence-corrected chi connectivity index (χ3v) is 5.87. The van der Waals surface area contributed by atoms with Crippen LogP contribution in [-0.4, -0.2) is 85.1 Å². The van der Waals surface area contributed by atoms with Gasteiger partial charge in [0.05, 0.1) is 0 Å². The van der Waals surface area contributed by atoms with Crippen molar-refractivity contribution in [1.29, 1.82) is 0 Å². The Kier molecular flexibility index (Phi) is 6.52. The number of nitrogens with zero attached hydrogens (tertiary/aromatic N) is 6. The minimum Gasteiger partial charge on any atom is -0.354 e. The van der Waals surface area contributed by atoms with Crippen molar-refractivity contribution >= 4 is 17.7 Å². The molecule has 1 aromatic heterocycles. The Balaban J connectivity index is 1.65. The van der Waals surface area contributed by atoms with E-state index in [1.165, 1.54) is 0 Å². The van der Waals surface area contributed by atoms with Gasteiger partial charge in [-0.25, -0.2) is 4.98 Å². The summed E-state index contributed by atoms with van der Waals surface area (Å²) in [6.45, 7) is 13.5. The van der Waals surface area contributed by atoms with Crippen LogP contribution in [0, 0.1) is 12.8 Å². The Morgan fingerprint density at radius 3 is 2.15 bits per heavy atom. The van der Waals surface area contributed by atoms with Gasteiger partial charge < -0.3 is 19.6 Å². The number of hydrogen-bond acceptors (Lipinski definition) is 6. The van der Waals surface area contributed by atoms with Gasteiger partial charge in [-0.1, -0.05) is 13.8 Å². The minimum atomic E-state index is 0.163. The summed E-state index contributed by atoms with van der Waals surface area (Å²) in [5.74, 6) is 2.30. The first kappa shape index (κ1) is 19.9. The van der Waals surface area contributed by atoms with E-state index in [0.717, 1.165) is 82.7 Å². The van der Waals surface area contributed by atoms with Gasteiger partial charge in [0.25, 0.3) is 0 Å². The largest absolute Gasteiger partial charge is 0.354 e. The molecule has 7 heteroatoms. The number of rotatable bonds is 5. The first-order valence-corrected chi connectivity index (χ1v) is 10.3. The van der Waals surface area contributed by atoms with Gasteiger partial charge in [0.1, 0.15) is 5.82 Å². The van der Waals surface area contributed by atoms with Crippen molar-refractivity contribution in [3.8, 4) is 0 Å². The first-order chi connectivity index (χ1) is 13.0. The van der Waals surface area contributed by atoms with Crippen LogP contribution in [0.25, 0.3) is 0 Å². The highest BCUT2D eigenvalue weighted by atomic mass is 16.2. The lowest BCUT2D eigenvalue weighted by atomic mass is 10.0. The van der Waals surface area contributed by atoms with E-state index in [-0.39, 0.29) is 5.92 Å². The minimum absolute atomic E-state index is 0.163. The number of carbonyl (C=O) groups is 1. The maximum atomic E-state index is 12.6. The molecular formula is C20H34N6O. The van der Waals surface area contributed by atoms with E-state index in [1.807, 2.05) is 11.8 Å². The highest BCUT2D eigenvalue weighted by molar-refractivity contribution is 5.79. The van der Waals surface area contributed by atoms with E-state index in [0.29, 0.717) is 5.91 Å². The molecule has 0 N–H and O–H groups in total. The molecule has 3 rings (SSSR count). The van der Waals surface area contributed by atoms with Crippen LogP contribution in [0.3, 0.4) is 0 Å². The normalized spacial score (nSPS) is 19.1. The highest BCUT2D eigenvalue weighted by Gasteiger charge is 2.27. The molecule has 2 saturated heterocycles. The molecule has 0 aromatic carbocycles. The lowest BCUT2D eigenvalue weighted by Crippen LogP contribution is -2.51. The van der Waals surface area contributed by atoms with E-state index < -0.39 is 0 Å². The summed E-state index contributed by atoms with van der Waals surface area (Å²) in [5, 5.41) is 0. The summed E-state index contributed by atoms with van der Waals surface area (Å²) in [6.07, 6.45) is 1.84. The monoisotopic (exact) mass is 374 g/mol. The molecule has 0 unspecified atom stereocenters. The molecule has 2 aliphatic rings. The van der Waals surface area contributed by atoms with Crippen molar-refractivity contribution in [2.24, 2.45) is 5.92 Å². The molecule has 7 nitrogen and oxygen atoms in total. The molecule has 1 aromatic rings. The van der Waals surface area contributed by atoms with E-state index in [1.54, 1.807) is 0 Å². The van der Waals surface area contributed by atoms with Crippen LogP contribution >= 0.6 is 0 Å². The zero-order valence-electron chi connectivity index (χ0n) is 17.3. The molecule has 3 heterocycles. The van der Waals surface area contributed by atoms with Crippen molar-refractivity contribution in [1.82, 2.24) is 19.8 Å². The summed E-state index contributed by atoms with van der Waals surface area (Å²) in [5.41, 5.74) is 1.00. The van der Waals surface area contributed by atoms with Crippen LogP contribution in [0.5, 0.6) is 0 Å². The van der Waals surface area contributed by atoms with Gasteiger partial charge in [-0.2, -0.15) is 4.98 Å². The lowest BCUT2D eigenvalue weighted by molar-refractivity contribution is -0.136. The van der Waals surface area contributed by atoms with Crippen LogP contribution in [0.2, 0.25) is 0 Å². The van der Waals surface area contributed by atoms with Crippen molar-refractivity contribution in [2.75, 3.05) is 69.2 Å². The number of aromatic nitrogens is 2. The Bertz CT molecular complexity index is 631. The maximum absolute atomic E-state index is 12.6. The van der Waals surface area contributed by atoms with Gasteiger partial charge in [-0.3, -0.25) is 4.79 Å². The number of piperazine rings is 2.